The topological polar surface area (TPSA) is 0 Å². The van der Waals surface area contributed by atoms with Crippen LogP contribution in [0.2, 0.25) is 0 Å². The summed E-state index contributed by atoms with van der Waals surface area (Å²) in [6.07, 6.45) is 4.12. The molecule has 0 heteroatoms. The van der Waals surface area contributed by atoms with Gasteiger partial charge in [-0.2, -0.15) is 0 Å². The Morgan fingerprint density at radius 3 is 1.47 bits per heavy atom. The average molecular weight is 196 g/mol. The van der Waals surface area contributed by atoms with E-state index in [9.17, 15) is 0 Å². The highest BCUT2D eigenvalue weighted by Crippen LogP contribution is 1.99. The van der Waals surface area contributed by atoms with Crippen LogP contribution < -0.4 is 0 Å². The van der Waals surface area contributed by atoms with Crippen LogP contribution in [0.4, 0.5) is 0 Å². The van der Waals surface area contributed by atoms with Crippen LogP contribution in [-0.2, 0) is 0 Å². The van der Waals surface area contributed by atoms with E-state index in [0.717, 1.165) is 0 Å². The number of hydrogen-bond donors (Lipinski definition) is 0. The van der Waals surface area contributed by atoms with E-state index >= 15 is 0 Å². The van der Waals surface area contributed by atoms with Gasteiger partial charge in [-0.05, 0) is 12.5 Å². The molecule has 76 valence electrons. The fourth-order valence-corrected chi connectivity index (χ4v) is 1.14. The van der Waals surface area contributed by atoms with Gasteiger partial charge in [0.05, 0.1) is 0 Å². The molecule has 0 heterocycles. The predicted molar refractivity (Wildman–Crippen MR) is 67.6 cm³/mol. The third kappa shape index (κ3) is 5.48. The third-order valence-corrected chi connectivity index (χ3v) is 1.83. The molecule has 2 aromatic rings. The van der Waals surface area contributed by atoms with E-state index in [1.165, 1.54) is 5.56 Å². The van der Waals surface area contributed by atoms with Crippen molar-refractivity contribution in [3.8, 4) is 0 Å². The molecule has 0 nitrogen and oxygen atoms in total. The summed E-state index contributed by atoms with van der Waals surface area (Å²) in [5.74, 6) is 0. The summed E-state index contributed by atoms with van der Waals surface area (Å²) in [4.78, 5) is 0. The minimum absolute atomic E-state index is 1.26. The highest BCUT2D eigenvalue weighted by molar-refractivity contribution is 5.47. The van der Waals surface area contributed by atoms with Gasteiger partial charge >= 0.3 is 0 Å². The van der Waals surface area contributed by atoms with Crippen molar-refractivity contribution in [3.63, 3.8) is 0 Å². The summed E-state index contributed by atoms with van der Waals surface area (Å²) in [7, 11) is 0. The van der Waals surface area contributed by atoms with E-state index in [1.807, 2.05) is 67.6 Å². The molecule has 2 rings (SSSR count). The predicted octanol–water partition coefficient (Wildman–Crippen LogP) is 4.41. The van der Waals surface area contributed by atoms with Crippen LogP contribution in [0.5, 0.6) is 0 Å². The third-order valence-electron chi connectivity index (χ3n) is 1.83. The van der Waals surface area contributed by atoms with E-state index in [1.54, 1.807) is 0 Å². The first-order chi connectivity index (χ1) is 7.43. The monoisotopic (exact) mass is 196 g/mol. The van der Waals surface area contributed by atoms with Gasteiger partial charge in [-0.1, -0.05) is 78.9 Å². The van der Waals surface area contributed by atoms with Crippen molar-refractivity contribution in [2.24, 2.45) is 0 Å². The van der Waals surface area contributed by atoms with Crippen molar-refractivity contribution < 1.29 is 0 Å². The van der Waals surface area contributed by atoms with Crippen molar-refractivity contribution in [3.05, 3.63) is 78.4 Å². The Morgan fingerprint density at radius 1 is 0.667 bits per heavy atom. The molecule has 0 saturated carbocycles. The summed E-state index contributed by atoms with van der Waals surface area (Å²) in [6.45, 7) is 2.02. The molecular weight excluding hydrogens is 180 g/mol. The Bertz CT molecular complexity index is 333. The minimum Gasteiger partial charge on any atom is -0.0871 e. The fourth-order valence-electron chi connectivity index (χ4n) is 1.14. The molecule has 0 radical (unpaired) electrons. The van der Waals surface area contributed by atoms with Gasteiger partial charge in [-0.3, -0.25) is 0 Å². The quantitative estimate of drug-likeness (QED) is 0.634. The highest BCUT2D eigenvalue weighted by atomic mass is 13.8. The standard InChI is InChI=1S/C9H10.C6H6/c1-2-6-9-7-4-3-5-8-9;1-2-4-6-5-3-1/h2-8H,1H3;1-6H. The van der Waals surface area contributed by atoms with Gasteiger partial charge in [-0.15, -0.1) is 0 Å². The van der Waals surface area contributed by atoms with Gasteiger partial charge < -0.3 is 0 Å². The van der Waals surface area contributed by atoms with E-state index in [0.29, 0.717) is 0 Å². The van der Waals surface area contributed by atoms with Crippen LogP contribution in [0.3, 0.4) is 0 Å². The SMILES string of the molecule is CC=Cc1ccccc1.c1ccccc1. The lowest BCUT2D eigenvalue weighted by Crippen LogP contribution is -1.65. The largest absolute Gasteiger partial charge is 0.0871 e. The minimum atomic E-state index is 1.26. The van der Waals surface area contributed by atoms with E-state index in [4.69, 9.17) is 0 Å². The van der Waals surface area contributed by atoms with Gasteiger partial charge in [0, 0.05) is 0 Å². The van der Waals surface area contributed by atoms with Crippen molar-refractivity contribution >= 4 is 6.08 Å². The van der Waals surface area contributed by atoms with Crippen LogP contribution in [0.1, 0.15) is 12.5 Å². The van der Waals surface area contributed by atoms with Crippen molar-refractivity contribution in [2.75, 3.05) is 0 Å². The van der Waals surface area contributed by atoms with Crippen LogP contribution in [0.25, 0.3) is 6.08 Å². The molecule has 0 aromatic heterocycles. The molecule has 0 N–H and O–H groups in total. The molecule has 0 amide bonds. The molecule has 0 fully saturated rings. The Hall–Kier alpha value is -1.82. The first-order valence-electron chi connectivity index (χ1n) is 5.11. The average Bonchev–Trinajstić information content (AvgIpc) is 2.34. The van der Waals surface area contributed by atoms with Gasteiger partial charge in [0.15, 0.2) is 0 Å². The van der Waals surface area contributed by atoms with Gasteiger partial charge in [0.1, 0.15) is 0 Å². The number of rotatable bonds is 1. The normalized spacial score (nSPS) is 9.40. The fraction of sp³-hybridized carbons (Fsp3) is 0.0667. The zero-order chi connectivity index (χ0) is 10.8. The molecule has 0 unspecified atom stereocenters. The maximum Gasteiger partial charge on any atom is -0.0260 e. The summed E-state index contributed by atoms with van der Waals surface area (Å²) in [6, 6.07) is 22.3. The second-order valence-electron chi connectivity index (χ2n) is 3.07. The van der Waals surface area contributed by atoms with Gasteiger partial charge in [-0.25, -0.2) is 0 Å². The molecule has 0 saturated heterocycles. The molecule has 2 aromatic carbocycles. The lowest BCUT2D eigenvalue weighted by atomic mass is 10.2. The molecule has 0 spiro atoms. The Morgan fingerprint density at radius 2 is 1.07 bits per heavy atom. The first kappa shape index (κ1) is 11.3. The second kappa shape index (κ2) is 7.57. The zero-order valence-electron chi connectivity index (χ0n) is 9.01. The van der Waals surface area contributed by atoms with Crippen LogP contribution in [0.15, 0.2) is 72.8 Å². The molecule has 0 aliphatic carbocycles. The molecule has 0 bridgehead atoms. The Labute approximate surface area is 91.9 Å². The lowest BCUT2D eigenvalue weighted by Gasteiger charge is -1.86. The van der Waals surface area contributed by atoms with E-state index in [2.05, 4.69) is 18.2 Å². The van der Waals surface area contributed by atoms with Crippen LogP contribution >= 0.6 is 0 Å². The van der Waals surface area contributed by atoms with Gasteiger partial charge in [0.25, 0.3) is 0 Å². The molecule has 15 heavy (non-hydrogen) atoms. The first-order valence-corrected chi connectivity index (χ1v) is 5.11. The maximum absolute atomic E-state index is 2.08. The summed E-state index contributed by atoms with van der Waals surface area (Å²) in [5.41, 5.74) is 1.26. The highest BCUT2D eigenvalue weighted by Gasteiger charge is 1.77. The smallest absolute Gasteiger partial charge is 0.0260 e. The maximum atomic E-state index is 2.08. The lowest BCUT2D eigenvalue weighted by molar-refractivity contribution is 1.64. The summed E-state index contributed by atoms with van der Waals surface area (Å²) >= 11 is 0. The number of hydrogen-bond acceptors (Lipinski definition) is 0. The summed E-state index contributed by atoms with van der Waals surface area (Å²) in [5, 5.41) is 0. The zero-order valence-corrected chi connectivity index (χ0v) is 9.01. The van der Waals surface area contributed by atoms with Crippen LogP contribution in [-0.4, -0.2) is 0 Å². The molecule has 0 aliphatic heterocycles. The second-order valence-corrected chi connectivity index (χ2v) is 3.07. The Kier molecular flexibility index (Phi) is 5.68. The number of allylic oxidation sites excluding steroid dienone is 1. The van der Waals surface area contributed by atoms with E-state index < -0.39 is 0 Å². The Balaban J connectivity index is 0.000000162. The van der Waals surface area contributed by atoms with Crippen molar-refractivity contribution in [1.82, 2.24) is 0 Å². The van der Waals surface area contributed by atoms with Crippen molar-refractivity contribution in [2.45, 2.75) is 6.92 Å². The van der Waals surface area contributed by atoms with Gasteiger partial charge in [0.2, 0.25) is 0 Å². The summed E-state index contributed by atoms with van der Waals surface area (Å²) < 4.78 is 0. The molecule has 0 aliphatic rings. The molecule has 0 atom stereocenters. The molecular formula is C15H16. The van der Waals surface area contributed by atoms with Crippen LogP contribution in [0, 0.1) is 0 Å². The van der Waals surface area contributed by atoms with Crippen molar-refractivity contribution in [1.29, 1.82) is 0 Å². The van der Waals surface area contributed by atoms with E-state index in [-0.39, 0.29) is 0 Å². The number of benzene rings is 2.